The van der Waals surface area contributed by atoms with E-state index in [9.17, 15) is 4.79 Å². The van der Waals surface area contributed by atoms with Gasteiger partial charge in [-0.1, -0.05) is 0 Å². The Labute approximate surface area is 121 Å². The number of nitrogens with zero attached hydrogens (tertiary/aromatic N) is 3. The molecule has 0 aliphatic rings. The summed E-state index contributed by atoms with van der Waals surface area (Å²) < 4.78 is 4.87. The van der Waals surface area contributed by atoms with E-state index in [1.54, 1.807) is 24.5 Å². The van der Waals surface area contributed by atoms with E-state index >= 15 is 0 Å². The molecule has 3 heterocycles. The first-order valence-electron chi connectivity index (χ1n) is 6.43. The quantitative estimate of drug-likeness (QED) is 0.783. The Balaban J connectivity index is 2.12. The summed E-state index contributed by atoms with van der Waals surface area (Å²) in [5.41, 5.74) is 2.37. The topological polar surface area (TPSA) is 71.1 Å². The molecule has 0 unspecified atom stereocenters. The molecule has 0 bridgehead atoms. The SMILES string of the molecule is COC(=O)N(c1ccnc(C)c1)c1cc2[nH]ccc2cn1. The van der Waals surface area contributed by atoms with Gasteiger partial charge in [0.25, 0.3) is 0 Å². The molecular formula is C15H14N4O2. The normalized spacial score (nSPS) is 10.6. The molecule has 1 N–H and O–H groups in total. The number of fused-ring (bicyclic) bond motifs is 1. The van der Waals surface area contributed by atoms with Gasteiger partial charge < -0.3 is 9.72 Å². The number of pyridine rings is 2. The second-order valence-electron chi connectivity index (χ2n) is 4.57. The largest absolute Gasteiger partial charge is 0.452 e. The summed E-state index contributed by atoms with van der Waals surface area (Å²) in [5.74, 6) is 0.488. The first-order valence-corrected chi connectivity index (χ1v) is 6.43. The van der Waals surface area contributed by atoms with Gasteiger partial charge in [0.1, 0.15) is 5.82 Å². The highest BCUT2D eigenvalue weighted by Crippen LogP contribution is 2.26. The minimum Gasteiger partial charge on any atom is -0.452 e. The third kappa shape index (κ3) is 2.43. The molecule has 21 heavy (non-hydrogen) atoms. The summed E-state index contributed by atoms with van der Waals surface area (Å²) >= 11 is 0. The second-order valence-corrected chi connectivity index (χ2v) is 4.57. The number of H-pyrrole nitrogens is 1. The molecule has 106 valence electrons. The summed E-state index contributed by atoms with van der Waals surface area (Å²) in [7, 11) is 1.34. The molecule has 6 nitrogen and oxygen atoms in total. The van der Waals surface area contributed by atoms with E-state index in [1.165, 1.54) is 12.0 Å². The van der Waals surface area contributed by atoms with Crippen molar-refractivity contribution in [2.45, 2.75) is 6.92 Å². The van der Waals surface area contributed by atoms with Crippen molar-refractivity contribution in [3.05, 3.63) is 48.5 Å². The predicted molar refractivity (Wildman–Crippen MR) is 79.6 cm³/mol. The maximum absolute atomic E-state index is 12.1. The second kappa shape index (κ2) is 5.24. The number of hydrogen-bond acceptors (Lipinski definition) is 4. The Hall–Kier alpha value is -2.89. The number of carbonyl (C=O) groups excluding carboxylic acids is 1. The van der Waals surface area contributed by atoms with Crippen LogP contribution in [0.25, 0.3) is 10.9 Å². The van der Waals surface area contributed by atoms with Crippen molar-refractivity contribution >= 4 is 28.5 Å². The molecule has 3 rings (SSSR count). The molecule has 0 aliphatic carbocycles. The molecule has 3 aromatic heterocycles. The van der Waals surface area contributed by atoms with Crippen LogP contribution in [0.1, 0.15) is 5.69 Å². The lowest BCUT2D eigenvalue weighted by molar-refractivity contribution is 0.181. The molecule has 0 saturated heterocycles. The number of aromatic nitrogens is 3. The zero-order valence-corrected chi connectivity index (χ0v) is 11.7. The fraction of sp³-hybridized carbons (Fsp3) is 0.133. The van der Waals surface area contributed by atoms with Gasteiger partial charge in [0.05, 0.1) is 18.3 Å². The monoisotopic (exact) mass is 282 g/mol. The fourth-order valence-corrected chi connectivity index (χ4v) is 2.15. The zero-order valence-electron chi connectivity index (χ0n) is 11.7. The van der Waals surface area contributed by atoms with E-state index in [0.717, 1.165) is 16.6 Å². The van der Waals surface area contributed by atoms with Gasteiger partial charge in [0, 0.05) is 35.7 Å². The number of nitrogens with one attached hydrogen (secondary N) is 1. The molecule has 0 aliphatic heterocycles. The van der Waals surface area contributed by atoms with Crippen molar-refractivity contribution < 1.29 is 9.53 Å². The van der Waals surface area contributed by atoms with Crippen molar-refractivity contribution in [3.8, 4) is 0 Å². The van der Waals surface area contributed by atoms with Crippen LogP contribution in [0.2, 0.25) is 0 Å². The van der Waals surface area contributed by atoms with Gasteiger partial charge in [0.15, 0.2) is 0 Å². The van der Waals surface area contributed by atoms with Gasteiger partial charge in [-0.05, 0) is 25.1 Å². The molecule has 0 radical (unpaired) electrons. The van der Waals surface area contributed by atoms with Crippen LogP contribution in [0.4, 0.5) is 16.3 Å². The van der Waals surface area contributed by atoms with E-state index < -0.39 is 6.09 Å². The Kier molecular flexibility index (Phi) is 3.27. The summed E-state index contributed by atoms with van der Waals surface area (Å²) in [6.07, 6.45) is 4.69. The van der Waals surface area contributed by atoms with Crippen LogP contribution in [0.3, 0.4) is 0 Å². The number of anilines is 2. The number of rotatable bonds is 2. The molecule has 0 aromatic carbocycles. The van der Waals surface area contributed by atoms with E-state index in [2.05, 4.69) is 15.0 Å². The van der Waals surface area contributed by atoms with Gasteiger partial charge in [0.2, 0.25) is 0 Å². The first-order chi connectivity index (χ1) is 10.2. The number of methoxy groups -OCH3 is 1. The lowest BCUT2D eigenvalue weighted by Crippen LogP contribution is -2.26. The highest BCUT2D eigenvalue weighted by Gasteiger charge is 2.20. The first kappa shape index (κ1) is 13.1. The molecular weight excluding hydrogens is 268 g/mol. The van der Waals surface area contributed by atoms with Gasteiger partial charge >= 0.3 is 6.09 Å². The number of amides is 1. The number of aromatic amines is 1. The number of aryl methyl sites for hydroxylation is 1. The van der Waals surface area contributed by atoms with Gasteiger partial charge in [-0.25, -0.2) is 14.7 Å². The fourth-order valence-electron chi connectivity index (χ4n) is 2.15. The zero-order chi connectivity index (χ0) is 14.8. The Morgan fingerprint density at radius 3 is 2.90 bits per heavy atom. The number of hydrogen-bond donors (Lipinski definition) is 1. The number of ether oxygens (including phenoxy) is 1. The van der Waals surface area contributed by atoms with E-state index in [0.29, 0.717) is 11.5 Å². The lowest BCUT2D eigenvalue weighted by Gasteiger charge is -2.20. The third-order valence-corrected chi connectivity index (χ3v) is 3.15. The van der Waals surface area contributed by atoms with Crippen molar-refractivity contribution in [2.75, 3.05) is 12.0 Å². The summed E-state index contributed by atoms with van der Waals surface area (Å²) in [5, 5.41) is 0.981. The maximum atomic E-state index is 12.1. The average Bonchev–Trinajstić information content (AvgIpc) is 2.95. The van der Waals surface area contributed by atoms with Crippen molar-refractivity contribution in [1.29, 1.82) is 0 Å². The van der Waals surface area contributed by atoms with Crippen molar-refractivity contribution in [1.82, 2.24) is 15.0 Å². The van der Waals surface area contributed by atoms with Gasteiger partial charge in [-0.2, -0.15) is 0 Å². The van der Waals surface area contributed by atoms with Gasteiger partial charge in [-0.15, -0.1) is 0 Å². The molecule has 0 saturated carbocycles. The van der Waals surface area contributed by atoms with Crippen molar-refractivity contribution in [3.63, 3.8) is 0 Å². The standard InChI is InChI=1S/C15H14N4O2/c1-10-7-12(4-6-16-10)19(15(20)21-2)14-8-13-11(9-18-14)3-5-17-13/h3-9,17H,1-2H3. The lowest BCUT2D eigenvalue weighted by atomic mass is 10.3. The van der Waals surface area contributed by atoms with Gasteiger partial charge in [-0.3, -0.25) is 4.98 Å². The van der Waals surface area contributed by atoms with E-state index in [-0.39, 0.29) is 0 Å². The van der Waals surface area contributed by atoms with Crippen molar-refractivity contribution in [2.24, 2.45) is 0 Å². The Bertz CT molecular complexity index is 797. The Morgan fingerprint density at radius 1 is 1.29 bits per heavy atom. The van der Waals surface area contributed by atoms with E-state index in [1.807, 2.05) is 25.3 Å². The van der Waals surface area contributed by atoms with Crippen LogP contribution >= 0.6 is 0 Å². The van der Waals surface area contributed by atoms with E-state index in [4.69, 9.17) is 4.74 Å². The molecule has 1 amide bonds. The van der Waals surface area contributed by atoms with Crippen LogP contribution < -0.4 is 4.90 Å². The molecule has 6 heteroatoms. The van der Waals surface area contributed by atoms with Crippen LogP contribution in [0, 0.1) is 6.92 Å². The third-order valence-electron chi connectivity index (χ3n) is 3.15. The molecule has 0 fully saturated rings. The van der Waals surface area contributed by atoms with Crippen LogP contribution in [-0.4, -0.2) is 28.2 Å². The highest BCUT2D eigenvalue weighted by atomic mass is 16.5. The average molecular weight is 282 g/mol. The summed E-state index contributed by atoms with van der Waals surface area (Å²) in [4.78, 5) is 25.1. The summed E-state index contributed by atoms with van der Waals surface area (Å²) in [6, 6.07) is 7.27. The van der Waals surface area contributed by atoms with Crippen LogP contribution in [0.15, 0.2) is 42.9 Å². The van der Waals surface area contributed by atoms with Crippen LogP contribution in [0.5, 0.6) is 0 Å². The Morgan fingerprint density at radius 2 is 2.14 bits per heavy atom. The molecule has 3 aromatic rings. The predicted octanol–water partition coefficient (Wildman–Crippen LogP) is 3.17. The molecule has 0 atom stereocenters. The summed E-state index contributed by atoms with van der Waals surface area (Å²) in [6.45, 7) is 1.86. The minimum absolute atomic E-state index is 0.488. The minimum atomic E-state index is -0.501. The maximum Gasteiger partial charge on any atom is 0.419 e. The smallest absolute Gasteiger partial charge is 0.419 e. The number of carbonyl (C=O) groups is 1. The van der Waals surface area contributed by atoms with Crippen LogP contribution in [-0.2, 0) is 4.74 Å². The highest BCUT2D eigenvalue weighted by molar-refractivity contribution is 5.96. The molecule has 0 spiro atoms.